The number of rotatable bonds is 5. The predicted molar refractivity (Wildman–Crippen MR) is 104 cm³/mol. The van der Waals surface area contributed by atoms with Gasteiger partial charge in [0.1, 0.15) is 0 Å². The van der Waals surface area contributed by atoms with Gasteiger partial charge in [0.2, 0.25) is 5.91 Å². The summed E-state index contributed by atoms with van der Waals surface area (Å²) in [5.74, 6) is -2.36. The lowest BCUT2D eigenvalue weighted by Crippen LogP contribution is -2.35. The van der Waals surface area contributed by atoms with Crippen molar-refractivity contribution in [1.82, 2.24) is 4.90 Å². The molecule has 4 rings (SSSR count). The molecule has 0 aromatic heterocycles. The van der Waals surface area contributed by atoms with Gasteiger partial charge in [-0.3, -0.25) is 19.2 Å². The van der Waals surface area contributed by atoms with Gasteiger partial charge in [0.05, 0.1) is 17.0 Å². The van der Waals surface area contributed by atoms with Gasteiger partial charge >= 0.3 is 5.97 Å². The lowest BCUT2D eigenvalue weighted by molar-refractivity contribution is -0.151. The number of benzene rings is 2. The number of ether oxygens (including phenoxy) is 1. The monoisotopic (exact) mass is 392 g/mol. The number of esters is 1. The van der Waals surface area contributed by atoms with Crippen LogP contribution in [0.2, 0.25) is 0 Å². The molecule has 3 amide bonds. The van der Waals surface area contributed by atoms with Crippen molar-refractivity contribution in [3.63, 3.8) is 0 Å². The quantitative estimate of drug-likeness (QED) is 0.576. The first-order valence-electron chi connectivity index (χ1n) is 9.50. The fourth-order valence-corrected chi connectivity index (χ4v) is 3.63. The summed E-state index contributed by atoms with van der Waals surface area (Å²) in [6.45, 7) is 1.81. The first-order chi connectivity index (χ1) is 14.0. The lowest BCUT2D eigenvalue weighted by atomic mass is 10.1. The molecule has 7 nitrogen and oxygen atoms in total. The van der Waals surface area contributed by atoms with Crippen LogP contribution >= 0.6 is 0 Å². The summed E-state index contributed by atoms with van der Waals surface area (Å²) >= 11 is 0. The Balaban J connectivity index is 1.38. The number of amides is 3. The van der Waals surface area contributed by atoms with E-state index in [4.69, 9.17) is 4.74 Å². The summed E-state index contributed by atoms with van der Waals surface area (Å²) in [6.07, 6.45) is 0.942. The molecule has 0 radical (unpaired) electrons. The summed E-state index contributed by atoms with van der Waals surface area (Å²) in [5, 5.41) is 0. The normalized spacial score (nSPS) is 18.4. The van der Waals surface area contributed by atoms with Gasteiger partial charge in [-0.15, -0.1) is 0 Å². The van der Waals surface area contributed by atoms with Crippen LogP contribution in [-0.4, -0.2) is 41.9 Å². The average Bonchev–Trinajstić information content (AvgIpc) is 3.25. The van der Waals surface area contributed by atoms with Gasteiger partial charge in [-0.25, -0.2) is 4.90 Å². The maximum atomic E-state index is 12.5. The van der Waals surface area contributed by atoms with E-state index in [1.165, 1.54) is 0 Å². The third kappa shape index (κ3) is 3.40. The molecule has 0 aliphatic carbocycles. The number of aryl methyl sites for hydroxylation is 1. The highest BCUT2D eigenvalue weighted by atomic mass is 16.5. The van der Waals surface area contributed by atoms with Crippen LogP contribution in [0.4, 0.5) is 5.69 Å². The van der Waals surface area contributed by atoms with Crippen molar-refractivity contribution in [2.45, 2.75) is 19.8 Å². The van der Waals surface area contributed by atoms with Gasteiger partial charge in [0.25, 0.3) is 11.8 Å². The summed E-state index contributed by atoms with van der Waals surface area (Å²) in [7, 11) is 0. The predicted octanol–water partition coefficient (Wildman–Crippen LogP) is 2.40. The van der Waals surface area contributed by atoms with Gasteiger partial charge in [-0.1, -0.05) is 31.2 Å². The third-order valence-electron chi connectivity index (χ3n) is 5.33. The zero-order chi connectivity index (χ0) is 20.5. The van der Waals surface area contributed by atoms with E-state index in [9.17, 15) is 19.2 Å². The number of fused-ring (bicyclic) bond motifs is 1. The van der Waals surface area contributed by atoms with Crippen LogP contribution in [0.5, 0.6) is 0 Å². The maximum absolute atomic E-state index is 12.5. The van der Waals surface area contributed by atoms with Crippen LogP contribution in [0.3, 0.4) is 0 Å². The minimum atomic E-state index is -0.636. The maximum Gasteiger partial charge on any atom is 0.313 e. The fraction of sp³-hybridized carbons (Fsp3) is 0.273. The van der Waals surface area contributed by atoms with Crippen LogP contribution in [0, 0.1) is 5.92 Å². The van der Waals surface area contributed by atoms with Crippen molar-refractivity contribution in [2.75, 3.05) is 18.2 Å². The molecule has 148 valence electrons. The van der Waals surface area contributed by atoms with E-state index in [2.05, 4.69) is 6.92 Å². The van der Waals surface area contributed by atoms with Gasteiger partial charge in [0, 0.05) is 18.7 Å². The lowest BCUT2D eigenvalue weighted by Gasteiger charge is -2.18. The van der Waals surface area contributed by atoms with Crippen molar-refractivity contribution >= 4 is 29.4 Å². The Morgan fingerprint density at radius 2 is 1.62 bits per heavy atom. The average molecular weight is 392 g/mol. The van der Waals surface area contributed by atoms with Crippen LogP contribution in [0.25, 0.3) is 0 Å². The first kappa shape index (κ1) is 18.9. The minimum absolute atomic E-state index is 0.0382. The summed E-state index contributed by atoms with van der Waals surface area (Å²) in [6, 6.07) is 14.1. The van der Waals surface area contributed by atoms with Crippen molar-refractivity contribution in [3.8, 4) is 0 Å². The topological polar surface area (TPSA) is 84.0 Å². The molecule has 2 aliphatic rings. The summed E-state index contributed by atoms with van der Waals surface area (Å²) in [4.78, 5) is 52.0. The molecule has 2 aliphatic heterocycles. The van der Waals surface area contributed by atoms with E-state index >= 15 is 0 Å². The highest BCUT2D eigenvalue weighted by Crippen LogP contribution is 2.27. The molecule has 0 bridgehead atoms. The molecule has 1 atom stereocenters. The van der Waals surface area contributed by atoms with Crippen molar-refractivity contribution in [2.24, 2.45) is 5.92 Å². The molecule has 1 unspecified atom stereocenters. The second-order valence-electron chi connectivity index (χ2n) is 7.10. The van der Waals surface area contributed by atoms with Crippen LogP contribution < -0.4 is 4.90 Å². The Bertz CT molecular complexity index is 964. The van der Waals surface area contributed by atoms with E-state index in [1.54, 1.807) is 29.2 Å². The SMILES string of the molecule is CCc1ccc(N2CC(C(=O)OCN3C(=O)c4ccccc4C3=O)CC2=O)cc1. The highest BCUT2D eigenvalue weighted by molar-refractivity contribution is 6.21. The molecule has 1 fully saturated rings. The molecule has 2 aromatic rings. The van der Waals surface area contributed by atoms with Crippen LogP contribution in [0.1, 0.15) is 39.6 Å². The van der Waals surface area contributed by atoms with Crippen molar-refractivity contribution in [3.05, 3.63) is 65.2 Å². The van der Waals surface area contributed by atoms with E-state index in [1.807, 2.05) is 24.3 Å². The molecule has 2 aromatic carbocycles. The van der Waals surface area contributed by atoms with E-state index in [-0.39, 0.29) is 18.9 Å². The third-order valence-corrected chi connectivity index (χ3v) is 5.33. The zero-order valence-electron chi connectivity index (χ0n) is 16.0. The van der Waals surface area contributed by atoms with Crippen LogP contribution in [-0.2, 0) is 20.7 Å². The molecule has 1 saturated heterocycles. The molecule has 0 N–H and O–H groups in total. The van der Waals surface area contributed by atoms with Gasteiger partial charge in [0.15, 0.2) is 6.73 Å². The number of imide groups is 1. The Kier molecular flexibility index (Phi) is 4.88. The largest absolute Gasteiger partial charge is 0.443 e. The molecular formula is C22H20N2O5. The number of hydrogen-bond acceptors (Lipinski definition) is 5. The van der Waals surface area contributed by atoms with Gasteiger partial charge < -0.3 is 9.64 Å². The second kappa shape index (κ2) is 7.50. The van der Waals surface area contributed by atoms with Gasteiger partial charge in [-0.05, 0) is 36.2 Å². The molecule has 7 heteroatoms. The van der Waals surface area contributed by atoms with Crippen molar-refractivity contribution < 1.29 is 23.9 Å². The Morgan fingerprint density at radius 3 is 2.21 bits per heavy atom. The summed E-state index contributed by atoms with van der Waals surface area (Å²) < 4.78 is 5.22. The van der Waals surface area contributed by atoms with Crippen molar-refractivity contribution in [1.29, 1.82) is 0 Å². The molecular weight excluding hydrogens is 372 g/mol. The number of nitrogens with zero attached hydrogens (tertiary/aromatic N) is 2. The number of anilines is 1. The first-order valence-corrected chi connectivity index (χ1v) is 9.50. The van der Waals surface area contributed by atoms with Crippen LogP contribution in [0.15, 0.2) is 48.5 Å². The standard InChI is InChI=1S/C22H20N2O5/c1-2-14-7-9-16(10-8-14)23-12-15(11-19(23)25)22(28)29-13-24-20(26)17-5-3-4-6-18(17)21(24)27/h3-10,15H,2,11-13H2,1H3. The Labute approximate surface area is 167 Å². The van der Waals surface area contributed by atoms with Gasteiger partial charge in [-0.2, -0.15) is 0 Å². The smallest absolute Gasteiger partial charge is 0.313 e. The Hall–Kier alpha value is -3.48. The Morgan fingerprint density at radius 1 is 1.00 bits per heavy atom. The van der Waals surface area contributed by atoms with E-state index in [0.717, 1.165) is 22.6 Å². The zero-order valence-corrected chi connectivity index (χ0v) is 16.0. The fourth-order valence-electron chi connectivity index (χ4n) is 3.63. The summed E-state index contributed by atoms with van der Waals surface area (Å²) in [5.41, 5.74) is 2.50. The molecule has 0 spiro atoms. The number of hydrogen-bond donors (Lipinski definition) is 0. The molecule has 2 heterocycles. The highest BCUT2D eigenvalue weighted by Gasteiger charge is 2.39. The number of carbonyl (C=O) groups is 4. The van der Waals surface area contributed by atoms with E-state index < -0.39 is 30.4 Å². The second-order valence-corrected chi connectivity index (χ2v) is 7.10. The van der Waals surface area contributed by atoms with E-state index in [0.29, 0.717) is 11.1 Å². The molecule has 29 heavy (non-hydrogen) atoms. The minimum Gasteiger partial charge on any atom is -0.443 e. The molecule has 0 saturated carbocycles. The number of carbonyl (C=O) groups excluding carboxylic acids is 4.